The average Bonchev–Trinajstić information content (AvgIpc) is 2.90. The first-order valence-electron chi connectivity index (χ1n) is 12.1. The summed E-state index contributed by atoms with van der Waals surface area (Å²) in [4.78, 5) is 22.3. The van der Waals surface area contributed by atoms with Gasteiger partial charge in [-0.3, -0.25) is 4.79 Å². The Morgan fingerprint density at radius 1 is 0.861 bits per heavy atom. The molecule has 0 saturated heterocycles. The third-order valence-corrected chi connectivity index (χ3v) is 7.05. The Hall–Kier alpha value is -3.36. The number of aryl methyl sites for hydroxylation is 2. The lowest BCUT2D eigenvalue weighted by Gasteiger charge is -2.24. The second-order valence-corrected chi connectivity index (χ2v) is 9.45. The molecule has 1 N–H and O–H groups in total. The molecule has 2 aliphatic carbocycles. The first-order chi connectivity index (χ1) is 17.3. The lowest BCUT2D eigenvalue weighted by molar-refractivity contribution is -0.115. The molecule has 1 aromatic heterocycles. The molecule has 9 heteroatoms. The van der Waals surface area contributed by atoms with Crippen molar-refractivity contribution in [3.05, 3.63) is 75.9 Å². The van der Waals surface area contributed by atoms with E-state index in [9.17, 15) is 26.7 Å². The van der Waals surface area contributed by atoms with Crippen LogP contribution in [-0.4, -0.2) is 15.9 Å². The number of rotatable bonds is 5. The van der Waals surface area contributed by atoms with Crippen LogP contribution < -0.4 is 5.32 Å². The van der Waals surface area contributed by atoms with Crippen molar-refractivity contribution in [2.24, 2.45) is 5.92 Å². The molecule has 0 radical (unpaired) electrons. The van der Waals surface area contributed by atoms with E-state index in [1.54, 1.807) is 0 Å². The summed E-state index contributed by atoms with van der Waals surface area (Å²) in [5, 5.41) is 2.55. The molecule has 1 heterocycles. The zero-order chi connectivity index (χ0) is 25.4. The van der Waals surface area contributed by atoms with E-state index in [4.69, 9.17) is 4.98 Å². The van der Waals surface area contributed by atoms with Gasteiger partial charge in [-0.05, 0) is 30.7 Å². The number of amides is 1. The molecule has 4 nitrogen and oxygen atoms in total. The molecule has 188 valence electrons. The summed E-state index contributed by atoms with van der Waals surface area (Å²) in [7, 11) is 0. The van der Waals surface area contributed by atoms with E-state index in [1.807, 2.05) is 24.3 Å². The fourth-order valence-corrected chi connectivity index (χ4v) is 5.17. The molecular weight excluding hydrogens is 477 g/mol. The molecule has 2 aliphatic rings. The lowest BCUT2D eigenvalue weighted by Crippen LogP contribution is -2.22. The van der Waals surface area contributed by atoms with Crippen LogP contribution in [0, 0.1) is 35.0 Å². The number of benzene rings is 2. The van der Waals surface area contributed by atoms with Gasteiger partial charge in [0.15, 0.2) is 29.1 Å². The number of anilines is 1. The Kier molecular flexibility index (Phi) is 6.73. The van der Waals surface area contributed by atoms with E-state index in [-0.39, 0.29) is 5.82 Å². The predicted molar refractivity (Wildman–Crippen MR) is 124 cm³/mol. The topological polar surface area (TPSA) is 54.9 Å². The van der Waals surface area contributed by atoms with Gasteiger partial charge >= 0.3 is 0 Å². The van der Waals surface area contributed by atoms with E-state index in [0.29, 0.717) is 30.1 Å². The zero-order valence-corrected chi connectivity index (χ0v) is 19.4. The molecule has 2 aromatic carbocycles. The van der Waals surface area contributed by atoms with Crippen LogP contribution in [0.15, 0.2) is 24.3 Å². The van der Waals surface area contributed by atoms with Crippen molar-refractivity contribution in [1.82, 2.24) is 9.97 Å². The standard InChI is InChI=1S/C27H24F5N3O/c28-21-17(22(29)24(31)25(32)23(21)30)13-20(36)35-27-19(12-14-6-2-1-3-7-14)33-26-16-9-5-4-8-15(16)10-11-18(26)34-27/h4-5,8-9,14H,1-3,6-7,10-13H2,(H,34,35,36). The molecule has 3 aromatic rings. The number of carbonyl (C=O) groups excluding carboxylic acids is 1. The maximum absolute atomic E-state index is 14.1. The first-order valence-corrected chi connectivity index (χ1v) is 12.1. The van der Waals surface area contributed by atoms with Crippen LogP contribution in [0.1, 0.15) is 54.6 Å². The van der Waals surface area contributed by atoms with Crippen molar-refractivity contribution < 1.29 is 26.7 Å². The number of hydrogen-bond donors (Lipinski definition) is 1. The minimum Gasteiger partial charge on any atom is -0.309 e. The Morgan fingerprint density at radius 2 is 1.53 bits per heavy atom. The Labute approximate surface area is 205 Å². The molecule has 1 amide bonds. The van der Waals surface area contributed by atoms with Gasteiger partial charge in [-0.25, -0.2) is 31.9 Å². The highest BCUT2D eigenvalue weighted by Crippen LogP contribution is 2.35. The number of aromatic nitrogens is 2. The van der Waals surface area contributed by atoms with Crippen molar-refractivity contribution in [3.63, 3.8) is 0 Å². The van der Waals surface area contributed by atoms with Gasteiger partial charge in [-0.15, -0.1) is 0 Å². The van der Waals surface area contributed by atoms with Gasteiger partial charge in [0, 0.05) is 11.1 Å². The molecule has 1 fully saturated rings. The van der Waals surface area contributed by atoms with E-state index in [0.717, 1.165) is 48.9 Å². The third-order valence-electron chi connectivity index (χ3n) is 7.05. The molecule has 0 bridgehead atoms. The molecule has 0 unspecified atom stereocenters. The van der Waals surface area contributed by atoms with Crippen molar-refractivity contribution in [3.8, 4) is 11.3 Å². The molecule has 5 rings (SSSR count). The van der Waals surface area contributed by atoms with Crippen LogP contribution in [-0.2, 0) is 30.5 Å². The van der Waals surface area contributed by atoms with E-state index >= 15 is 0 Å². The van der Waals surface area contributed by atoms with Gasteiger partial charge in [-0.2, -0.15) is 0 Å². The van der Waals surface area contributed by atoms with Gasteiger partial charge < -0.3 is 5.32 Å². The van der Waals surface area contributed by atoms with Crippen LogP contribution in [0.5, 0.6) is 0 Å². The number of hydrogen-bond acceptors (Lipinski definition) is 3. The van der Waals surface area contributed by atoms with Gasteiger partial charge in [-0.1, -0.05) is 56.4 Å². The Bertz CT molecular complexity index is 1310. The van der Waals surface area contributed by atoms with Gasteiger partial charge in [0.25, 0.3) is 0 Å². The Balaban J connectivity index is 1.48. The fourth-order valence-electron chi connectivity index (χ4n) is 5.17. The number of nitrogens with zero attached hydrogens (tertiary/aromatic N) is 2. The van der Waals surface area contributed by atoms with E-state index < -0.39 is 47.0 Å². The second-order valence-electron chi connectivity index (χ2n) is 9.45. The van der Waals surface area contributed by atoms with Crippen LogP contribution >= 0.6 is 0 Å². The van der Waals surface area contributed by atoms with Gasteiger partial charge in [0.2, 0.25) is 11.7 Å². The molecule has 0 aliphatic heterocycles. The monoisotopic (exact) mass is 501 g/mol. The SMILES string of the molecule is O=C(Cc1c(F)c(F)c(F)c(F)c1F)Nc1nc2c(nc1CC1CCCCC1)-c1ccccc1CC2. The Morgan fingerprint density at radius 3 is 2.25 bits per heavy atom. The second kappa shape index (κ2) is 9.95. The first kappa shape index (κ1) is 24.3. The maximum Gasteiger partial charge on any atom is 0.230 e. The highest BCUT2D eigenvalue weighted by Gasteiger charge is 2.28. The summed E-state index contributed by atoms with van der Waals surface area (Å²) < 4.78 is 68.8. The lowest BCUT2D eigenvalue weighted by atomic mass is 9.85. The highest BCUT2D eigenvalue weighted by atomic mass is 19.2. The van der Waals surface area contributed by atoms with Crippen molar-refractivity contribution in [1.29, 1.82) is 0 Å². The summed E-state index contributed by atoms with van der Waals surface area (Å²) in [6, 6.07) is 7.92. The van der Waals surface area contributed by atoms with Crippen LogP contribution in [0.4, 0.5) is 27.8 Å². The van der Waals surface area contributed by atoms with Crippen LogP contribution in [0.3, 0.4) is 0 Å². The molecule has 0 spiro atoms. The average molecular weight is 501 g/mol. The van der Waals surface area contributed by atoms with E-state index in [1.165, 1.54) is 6.42 Å². The molecule has 0 atom stereocenters. The van der Waals surface area contributed by atoms with Gasteiger partial charge in [0.05, 0.1) is 23.5 Å². The van der Waals surface area contributed by atoms with E-state index in [2.05, 4.69) is 10.3 Å². The summed E-state index contributed by atoms with van der Waals surface area (Å²) in [6.07, 6.45) is 6.31. The van der Waals surface area contributed by atoms with Crippen molar-refractivity contribution >= 4 is 11.7 Å². The van der Waals surface area contributed by atoms with Crippen molar-refractivity contribution in [2.45, 2.75) is 57.8 Å². The minimum absolute atomic E-state index is 0.174. The number of halogens is 5. The summed E-state index contributed by atoms with van der Waals surface area (Å²) in [5.74, 6) is -10.9. The van der Waals surface area contributed by atoms with Crippen molar-refractivity contribution in [2.75, 3.05) is 5.32 Å². The highest BCUT2D eigenvalue weighted by molar-refractivity contribution is 5.92. The van der Waals surface area contributed by atoms with Crippen LogP contribution in [0.25, 0.3) is 11.3 Å². The number of carbonyl (C=O) groups is 1. The fraction of sp³-hybridized carbons (Fsp3) is 0.370. The molecule has 36 heavy (non-hydrogen) atoms. The zero-order valence-electron chi connectivity index (χ0n) is 19.4. The largest absolute Gasteiger partial charge is 0.309 e. The van der Waals surface area contributed by atoms with Gasteiger partial charge in [0.1, 0.15) is 0 Å². The number of fused-ring (bicyclic) bond motifs is 3. The minimum atomic E-state index is -2.26. The smallest absolute Gasteiger partial charge is 0.230 e. The third kappa shape index (κ3) is 4.58. The summed E-state index contributed by atoms with van der Waals surface area (Å²) >= 11 is 0. The number of nitrogens with one attached hydrogen (secondary N) is 1. The van der Waals surface area contributed by atoms with Crippen LogP contribution in [0.2, 0.25) is 0 Å². The summed E-state index contributed by atoms with van der Waals surface area (Å²) in [6.45, 7) is 0. The maximum atomic E-state index is 14.1. The molecular formula is C27H24F5N3O. The molecule has 1 saturated carbocycles. The normalized spacial score (nSPS) is 15.4. The quantitative estimate of drug-likeness (QED) is 0.256. The summed E-state index contributed by atoms with van der Waals surface area (Å²) in [5.41, 5.74) is 2.95. The predicted octanol–water partition coefficient (Wildman–Crippen LogP) is 6.24.